The van der Waals surface area contributed by atoms with Crippen LogP contribution in [-0.4, -0.2) is 16.7 Å². The van der Waals surface area contributed by atoms with Crippen molar-refractivity contribution in [3.05, 3.63) is 83.1 Å². The van der Waals surface area contributed by atoms with Gasteiger partial charge in [0.05, 0.1) is 12.6 Å². The van der Waals surface area contributed by atoms with Crippen molar-refractivity contribution in [1.29, 1.82) is 0 Å². The predicted molar refractivity (Wildman–Crippen MR) is 112 cm³/mol. The minimum atomic E-state index is -0.120. The number of fused-ring (bicyclic) bond motifs is 1. The van der Waals surface area contributed by atoms with E-state index in [2.05, 4.69) is 46.8 Å². The lowest BCUT2D eigenvalue weighted by molar-refractivity contribution is -0.120. The van der Waals surface area contributed by atoms with Crippen molar-refractivity contribution in [2.45, 2.75) is 33.7 Å². The molecule has 1 aromatic heterocycles. The third-order valence-corrected chi connectivity index (χ3v) is 4.82. The van der Waals surface area contributed by atoms with E-state index in [-0.39, 0.29) is 5.91 Å². The molecule has 0 unspecified atom stereocenters. The zero-order valence-corrected chi connectivity index (χ0v) is 16.1. The van der Waals surface area contributed by atoms with E-state index in [1.165, 1.54) is 5.56 Å². The maximum atomic E-state index is 12.3. The van der Waals surface area contributed by atoms with Gasteiger partial charge >= 0.3 is 0 Å². The van der Waals surface area contributed by atoms with Gasteiger partial charge in [-0.2, -0.15) is 5.10 Å². The molecule has 1 amide bonds. The van der Waals surface area contributed by atoms with Crippen LogP contribution in [0.4, 0.5) is 0 Å². The fourth-order valence-electron chi connectivity index (χ4n) is 3.41. The number of aromatic nitrogens is 1. The molecule has 3 aromatic rings. The summed E-state index contributed by atoms with van der Waals surface area (Å²) in [5.74, 6) is -0.120. The predicted octanol–water partition coefficient (Wildman–Crippen LogP) is 4.45. The number of rotatable bonds is 6. The summed E-state index contributed by atoms with van der Waals surface area (Å²) in [6.45, 7) is 10.7. The number of carbonyl (C=O) groups is 1. The molecule has 0 aliphatic carbocycles. The number of amides is 1. The van der Waals surface area contributed by atoms with E-state index >= 15 is 0 Å². The van der Waals surface area contributed by atoms with Crippen molar-refractivity contribution < 1.29 is 4.79 Å². The second-order valence-electron chi connectivity index (χ2n) is 6.82. The highest BCUT2D eigenvalue weighted by Crippen LogP contribution is 2.24. The highest BCUT2D eigenvalue weighted by Gasteiger charge is 2.11. The maximum absolute atomic E-state index is 12.3. The number of hydrazone groups is 1. The molecule has 0 fully saturated rings. The Morgan fingerprint density at radius 1 is 1.19 bits per heavy atom. The second-order valence-corrected chi connectivity index (χ2v) is 6.82. The Morgan fingerprint density at radius 2 is 1.96 bits per heavy atom. The van der Waals surface area contributed by atoms with Gasteiger partial charge in [0.1, 0.15) is 0 Å². The summed E-state index contributed by atoms with van der Waals surface area (Å²) < 4.78 is 2.20. The van der Waals surface area contributed by atoms with E-state index in [1.54, 1.807) is 6.21 Å². The molecule has 0 spiro atoms. The summed E-state index contributed by atoms with van der Waals surface area (Å²) in [7, 11) is 0. The van der Waals surface area contributed by atoms with Crippen LogP contribution >= 0.6 is 0 Å². The van der Waals surface area contributed by atoms with Crippen molar-refractivity contribution in [3.8, 4) is 0 Å². The average Bonchev–Trinajstić information content (AvgIpc) is 2.90. The SMILES string of the molecule is C=CCn1c(C)c(/C=N/NC(=O)Cc2ccc(C)cc2C)c2ccccc21. The van der Waals surface area contributed by atoms with Crippen LogP contribution in [0.5, 0.6) is 0 Å². The standard InChI is InChI=1S/C23H25N3O/c1-5-12-26-18(4)21(20-8-6-7-9-22(20)26)15-24-25-23(27)14-19-11-10-16(2)13-17(19)3/h5-11,13,15H,1,12,14H2,2-4H3,(H,25,27)/b24-15+. The molecule has 0 radical (unpaired) electrons. The van der Waals surface area contributed by atoms with Gasteiger partial charge in [-0.15, -0.1) is 6.58 Å². The molecule has 2 aromatic carbocycles. The molecule has 4 heteroatoms. The zero-order chi connectivity index (χ0) is 19.4. The van der Waals surface area contributed by atoms with Crippen LogP contribution in [0.15, 0.2) is 60.2 Å². The van der Waals surface area contributed by atoms with Crippen LogP contribution in [0.2, 0.25) is 0 Å². The maximum Gasteiger partial charge on any atom is 0.244 e. The monoisotopic (exact) mass is 359 g/mol. The molecule has 27 heavy (non-hydrogen) atoms. The van der Waals surface area contributed by atoms with Crippen LogP contribution in [0, 0.1) is 20.8 Å². The van der Waals surface area contributed by atoms with Crippen molar-refractivity contribution >= 4 is 23.0 Å². The fourth-order valence-corrected chi connectivity index (χ4v) is 3.41. The van der Waals surface area contributed by atoms with Gasteiger partial charge in [-0.25, -0.2) is 5.43 Å². The minimum Gasteiger partial charge on any atom is -0.340 e. The van der Waals surface area contributed by atoms with Crippen LogP contribution in [-0.2, 0) is 17.8 Å². The summed E-state index contributed by atoms with van der Waals surface area (Å²) >= 11 is 0. The summed E-state index contributed by atoms with van der Waals surface area (Å²) in [6.07, 6.45) is 3.93. The van der Waals surface area contributed by atoms with Crippen molar-refractivity contribution in [3.63, 3.8) is 0 Å². The van der Waals surface area contributed by atoms with Crippen LogP contribution in [0.3, 0.4) is 0 Å². The molecule has 0 aliphatic heterocycles. The Morgan fingerprint density at radius 3 is 2.70 bits per heavy atom. The molecule has 0 aliphatic rings. The number of hydrogen-bond acceptors (Lipinski definition) is 2. The van der Waals surface area contributed by atoms with Gasteiger partial charge in [0.2, 0.25) is 5.91 Å². The molecule has 3 rings (SSSR count). The topological polar surface area (TPSA) is 46.4 Å². The first kappa shape index (κ1) is 18.6. The summed E-state index contributed by atoms with van der Waals surface area (Å²) in [5.41, 5.74) is 9.24. The van der Waals surface area contributed by atoms with Gasteiger partial charge in [0.25, 0.3) is 0 Å². The third-order valence-electron chi connectivity index (χ3n) is 4.82. The molecule has 0 saturated carbocycles. The van der Waals surface area contributed by atoms with E-state index in [4.69, 9.17) is 0 Å². The van der Waals surface area contributed by atoms with Gasteiger partial charge in [-0.1, -0.05) is 48.0 Å². The summed E-state index contributed by atoms with van der Waals surface area (Å²) in [6, 6.07) is 14.3. The molecule has 1 N–H and O–H groups in total. The fraction of sp³-hybridized carbons (Fsp3) is 0.217. The minimum absolute atomic E-state index is 0.120. The largest absolute Gasteiger partial charge is 0.340 e. The number of carbonyl (C=O) groups excluding carboxylic acids is 1. The second kappa shape index (κ2) is 8.04. The van der Waals surface area contributed by atoms with Gasteiger partial charge < -0.3 is 4.57 Å². The van der Waals surface area contributed by atoms with E-state index in [0.717, 1.165) is 39.8 Å². The van der Waals surface area contributed by atoms with Crippen molar-refractivity contribution in [2.75, 3.05) is 0 Å². The molecule has 0 saturated heterocycles. The lowest BCUT2D eigenvalue weighted by atomic mass is 10.0. The number of allylic oxidation sites excluding steroid dienone is 1. The van der Waals surface area contributed by atoms with Gasteiger partial charge in [-0.05, 0) is 38.0 Å². The first-order valence-corrected chi connectivity index (χ1v) is 9.08. The summed E-state index contributed by atoms with van der Waals surface area (Å²) in [4.78, 5) is 12.3. The number of benzene rings is 2. The Bertz CT molecular complexity index is 1030. The van der Waals surface area contributed by atoms with Crippen LogP contribution in [0.25, 0.3) is 10.9 Å². The van der Waals surface area contributed by atoms with Crippen molar-refractivity contribution in [1.82, 2.24) is 9.99 Å². The Kier molecular flexibility index (Phi) is 5.55. The van der Waals surface area contributed by atoms with Gasteiger partial charge in [-0.3, -0.25) is 4.79 Å². The van der Waals surface area contributed by atoms with Crippen LogP contribution < -0.4 is 5.43 Å². The lowest BCUT2D eigenvalue weighted by Gasteiger charge is -2.06. The molecule has 1 heterocycles. The van der Waals surface area contributed by atoms with E-state index in [1.807, 2.05) is 44.2 Å². The number of hydrogen-bond donors (Lipinski definition) is 1. The number of para-hydroxylation sites is 1. The summed E-state index contributed by atoms with van der Waals surface area (Å²) in [5, 5.41) is 5.32. The van der Waals surface area contributed by atoms with Gasteiger partial charge in [0, 0.05) is 28.7 Å². The van der Waals surface area contributed by atoms with E-state index < -0.39 is 0 Å². The molecule has 138 valence electrons. The molecule has 4 nitrogen and oxygen atoms in total. The third kappa shape index (κ3) is 4.00. The van der Waals surface area contributed by atoms with E-state index in [0.29, 0.717) is 6.42 Å². The molecule has 0 atom stereocenters. The van der Waals surface area contributed by atoms with Gasteiger partial charge in [0.15, 0.2) is 0 Å². The van der Waals surface area contributed by atoms with E-state index in [9.17, 15) is 4.79 Å². The number of nitrogens with one attached hydrogen (secondary N) is 1. The number of aryl methyl sites for hydroxylation is 2. The van der Waals surface area contributed by atoms with Crippen LogP contribution in [0.1, 0.15) is 27.9 Å². The normalized spacial score (nSPS) is 11.2. The highest BCUT2D eigenvalue weighted by molar-refractivity contribution is 6.01. The first-order valence-electron chi connectivity index (χ1n) is 9.08. The Hall–Kier alpha value is -3.14. The quantitative estimate of drug-likeness (QED) is 0.395. The Balaban J connectivity index is 1.77. The Labute approximate surface area is 160 Å². The highest BCUT2D eigenvalue weighted by atomic mass is 16.2. The zero-order valence-electron chi connectivity index (χ0n) is 16.1. The average molecular weight is 359 g/mol. The smallest absolute Gasteiger partial charge is 0.244 e. The molecular formula is C23H25N3O. The molecular weight excluding hydrogens is 334 g/mol. The van der Waals surface area contributed by atoms with Crippen molar-refractivity contribution in [2.24, 2.45) is 5.10 Å². The number of nitrogens with zero attached hydrogens (tertiary/aromatic N) is 2. The molecule has 0 bridgehead atoms. The lowest BCUT2D eigenvalue weighted by Crippen LogP contribution is -2.20. The first-order chi connectivity index (χ1) is 13.0.